The second-order valence-electron chi connectivity index (χ2n) is 4.88. The van der Waals surface area contributed by atoms with E-state index in [1.54, 1.807) is 17.9 Å². The molecule has 1 aromatic rings. The molecule has 0 aromatic carbocycles. The van der Waals surface area contributed by atoms with Crippen LogP contribution in [0.2, 0.25) is 0 Å². The van der Waals surface area contributed by atoms with Gasteiger partial charge in [-0.1, -0.05) is 0 Å². The highest BCUT2D eigenvalue weighted by Gasteiger charge is 2.23. The summed E-state index contributed by atoms with van der Waals surface area (Å²) in [4.78, 5) is 32.4. The fourth-order valence-electron chi connectivity index (χ4n) is 2.22. The Labute approximate surface area is 133 Å². The molecule has 1 aliphatic rings. The maximum absolute atomic E-state index is 12.4. The Hall–Kier alpha value is -2.89. The van der Waals surface area contributed by atoms with E-state index in [1.165, 1.54) is 6.33 Å². The molecule has 9 nitrogen and oxygen atoms in total. The average molecular weight is 318 g/mol. The quantitative estimate of drug-likeness (QED) is 0.472. The standard InChI is InChI=1S/C14H18N6O3/c1-2-23-14(22)10(8-15)18-19-12-11(16-9-17-12)13(21)20-6-4-3-5-7-20/h9,19H,2-7H2,1H3,(H,16,17). The van der Waals surface area contributed by atoms with E-state index in [2.05, 4.69) is 20.5 Å². The molecule has 0 atom stereocenters. The number of likely N-dealkylation sites (tertiary alicyclic amines) is 1. The van der Waals surface area contributed by atoms with Gasteiger partial charge < -0.3 is 14.6 Å². The number of hydrogen-bond acceptors (Lipinski definition) is 7. The van der Waals surface area contributed by atoms with Crippen LogP contribution in [0.25, 0.3) is 0 Å². The van der Waals surface area contributed by atoms with Gasteiger partial charge in [0.05, 0.1) is 12.9 Å². The molecule has 2 rings (SSSR count). The van der Waals surface area contributed by atoms with E-state index in [9.17, 15) is 9.59 Å². The predicted molar refractivity (Wildman–Crippen MR) is 81.6 cm³/mol. The van der Waals surface area contributed by atoms with Crippen molar-refractivity contribution in [1.29, 1.82) is 5.26 Å². The Bertz CT molecular complexity index is 639. The van der Waals surface area contributed by atoms with Crippen molar-refractivity contribution in [3.63, 3.8) is 0 Å². The first-order valence-corrected chi connectivity index (χ1v) is 7.41. The summed E-state index contributed by atoms with van der Waals surface area (Å²) in [6, 6.07) is 1.64. The normalized spacial score (nSPS) is 15.0. The number of nitrogens with zero attached hydrogens (tertiary/aromatic N) is 4. The van der Waals surface area contributed by atoms with Crippen LogP contribution in [0.15, 0.2) is 11.4 Å². The van der Waals surface area contributed by atoms with E-state index >= 15 is 0 Å². The lowest BCUT2D eigenvalue weighted by Gasteiger charge is -2.26. The summed E-state index contributed by atoms with van der Waals surface area (Å²) in [6.07, 6.45) is 4.42. The predicted octanol–water partition coefficient (Wildman–Crippen LogP) is 0.890. The minimum Gasteiger partial charge on any atom is -0.461 e. The molecule has 0 unspecified atom stereocenters. The van der Waals surface area contributed by atoms with Crippen LogP contribution < -0.4 is 5.43 Å². The molecule has 0 radical (unpaired) electrons. The third-order valence-electron chi connectivity index (χ3n) is 3.34. The highest BCUT2D eigenvalue weighted by molar-refractivity contribution is 6.43. The number of nitriles is 1. The lowest BCUT2D eigenvalue weighted by atomic mass is 10.1. The number of piperidine rings is 1. The molecule has 0 spiro atoms. The first-order valence-electron chi connectivity index (χ1n) is 7.41. The van der Waals surface area contributed by atoms with E-state index in [1.807, 2.05) is 0 Å². The Morgan fingerprint density at radius 3 is 2.87 bits per heavy atom. The SMILES string of the molecule is CCOC(=O)C(C#N)=NNc1nc[nH]c1C(=O)N1CCCCC1. The molecule has 2 heterocycles. The van der Waals surface area contributed by atoms with E-state index in [-0.39, 0.29) is 24.0 Å². The van der Waals surface area contributed by atoms with Gasteiger partial charge in [0.1, 0.15) is 11.8 Å². The van der Waals surface area contributed by atoms with Crippen LogP contribution in [-0.2, 0) is 9.53 Å². The molecule has 1 aromatic heterocycles. The fraction of sp³-hybridized carbons (Fsp3) is 0.500. The van der Waals surface area contributed by atoms with Crippen molar-refractivity contribution in [2.24, 2.45) is 5.10 Å². The number of amides is 1. The lowest BCUT2D eigenvalue weighted by Crippen LogP contribution is -2.36. The van der Waals surface area contributed by atoms with Crippen molar-refractivity contribution < 1.29 is 14.3 Å². The number of hydrogen-bond donors (Lipinski definition) is 2. The Morgan fingerprint density at radius 2 is 2.22 bits per heavy atom. The molecule has 2 N–H and O–H groups in total. The van der Waals surface area contributed by atoms with Crippen LogP contribution in [0.1, 0.15) is 36.7 Å². The van der Waals surface area contributed by atoms with E-state index in [0.29, 0.717) is 13.1 Å². The summed E-state index contributed by atoms with van der Waals surface area (Å²) in [5.74, 6) is -0.853. The van der Waals surface area contributed by atoms with Gasteiger partial charge in [-0.3, -0.25) is 10.2 Å². The topological polar surface area (TPSA) is 123 Å². The van der Waals surface area contributed by atoms with Gasteiger partial charge in [-0.25, -0.2) is 9.78 Å². The largest absolute Gasteiger partial charge is 0.461 e. The number of anilines is 1. The average Bonchev–Trinajstić information content (AvgIpc) is 3.04. The summed E-state index contributed by atoms with van der Waals surface area (Å²) in [5, 5.41) is 12.6. The number of esters is 1. The third kappa shape index (κ3) is 4.06. The van der Waals surface area contributed by atoms with Crippen molar-refractivity contribution in [3.05, 3.63) is 12.0 Å². The van der Waals surface area contributed by atoms with Crippen LogP contribution in [0.4, 0.5) is 5.82 Å². The van der Waals surface area contributed by atoms with E-state index in [4.69, 9.17) is 10.00 Å². The van der Waals surface area contributed by atoms with Gasteiger partial charge >= 0.3 is 5.97 Å². The maximum atomic E-state index is 12.4. The second kappa shape index (κ2) is 7.93. The van der Waals surface area contributed by atoms with E-state index in [0.717, 1.165) is 19.3 Å². The number of H-pyrrole nitrogens is 1. The van der Waals surface area contributed by atoms with Gasteiger partial charge in [0, 0.05) is 13.1 Å². The molecule has 9 heteroatoms. The van der Waals surface area contributed by atoms with Gasteiger partial charge in [-0.05, 0) is 26.2 Å². The van der Waals surface area contributed by atoms with Crippen molar-refractivity contribution >= 4 is 23.4 Å². The first-order chi connectivity index (χ1) is 11.2. The molecule has 1 saturated heterocycles. The molecule has 0 saturated carbocycles. The van der Waals surface area contributed by atoms with Crippen molar-refractivity contribution in [1.82, 2.24) is 14.9 Å². The Kier molecular flexibility index (Phi) is 5.68. The van der Waals surface area contributed by atoms with Gasteiger partial charge in [-0.2, -0.15) is 10.4 Å². The summed E-state index contributed by atoms with van der Waals surface area (Å²) in [7, 11) is 0. The van der Waals surface area contributed by atoms with Crippen LogP contribution in [0.5, 0.6) is 0 Å². The Balaban J connectivity index is 2.10. The summed E-state index contributed by atoms with van der Waals surface area (Å²) in [6.45, 7) is 3.17. The molecular formula is C14H18N6O3. The highest BCUT2D eigenvalue weighted by Crippen LogP contribution is 2.16. The summed E-state index contributed by atoms with van der Waals surface area (Å²) in [5.41, 5.74) is 2.29. The molecule has 0 bridgehead atoms. The molecule has 1 fully saturated rings. The van der Waals surface area contributed by atoms with E-state index < -0.39 is 11.7 Å². The zero-order valence-corrected chi connectivity index (χ0v) is 12.8. The maximum Gasteiger partial charge on any atom is 0.369 e. The minimum absolute atomic E-state index is 0.140. The minimum atomic E-state index is -0.832. The zero-order valence-electron chi connectivity index (χ0n) is 12.8. The molecule has 0 aliphatic carbocycles. The monoisotopic (exact) mass is 318 g/mol. The Morgan fingerprint density at radius 1 is 1.48 bits per heavy atom. The third-order valence-corrected chi connectivity index (χ3v) is 3.34. The van der Waals surface area contributed by atoms with Crippen molar-refractivity contribution in [3.8, 4) is 6.07 Å². The molecule has 23 heavy (non-hydrogen) atoms. The number of carbonyl (C=O) groups is 2. The van der Waals surface area contributed by atoms with Crippen molar-refractivity contribution in [2.45, 2.75) is 26.2 Å². The number of nitrogens with one attached hydrogen (secondary N) is 2. The van der Waals surface area contributed by atoms with Crippen LogP contribution >= 0.6 is 0 Å². The van der Waals surface area contributed by atoms with Crippen LogP contribution in [0.3, 0.4) is 0 Å². The number of aromatic amines is 1. The van der Waals surface area contributed by atoms with Gasteiger partial charge in [0.25, 0.3) is 5.91 Å². The lowest BCUT2D eigenvalue weighted by molar-refractivity contribution is -0.134. The molecule has 1 aliphatic heterocycles. The van der Waals surface area contributed by atoms with Gasteiger partial charge in [0.2, 0.25) is 5.71 Å². The van der Waals surface area contributed by atoms with Gasteiger partial charge in [-0.15, -0.1) is 0 Å². The smallest absolute Gasteiger partial charge is 0.369 e. The second-order valence-corrected chi connectivity index (χ2v) is 4.88. The zero-order chi connectivity index (χ0) is 16.7. The summed E-state index contributed by atoms with van der Waals surface area (Å²) >= 11 is 0. The first kappa shape index (κ1) is 16.5. The number of ether oxygens (including phenoxy) is 1. The van der Waals surface area contributed by atoms with Gasteiger partial charge in [0.15, 0.2) is 5.82 Å². The number of hydrazone groups is 1. The fourth-order valence-corrected chi connectivity index (χ4v) is 2.22. The van der Waals surface area contributed by atoms with Crippen LogP contribution in [-0.4, -0.2) is 52.2 Å². The van der Waals surface area contributed by atoms with Crippen LogP contribution in [0, 0.1) is 11.3 Å². The molecular weight excluding hydrogens is 300 g/mol. The number of rotatable bonds is 5. The number of imidazole rings is 1. The highest BCUT2D eigenvalue weighted by atomic mass is 16.5. The summed E-state index contributed by atoms with van der Waals surface area (Å²) < 4.78 is 4.70. The van der Waals surface area contributed by atoms with Crippen molar-refractivity contribution in [2.75, 3.05) is 25.1 Å². The molecule has 122 valence electrons. The molecule has 1 amide bonds. The number of aromatic nitrogens is 2. The number of carbonyl (C=O) groups excluding carboxylic acids is 2.